The maximum absolute atomic E-state index is 13.4. The fourth-order valence-corrected chi connectivity index (χ4v) is 6.43. The van der Waals surface area contributed by atoms with Gasteiger partial charge < -0.3 is 5.32 Å². The van der Waals surface area contributed by atoms with Crippen molar-refractivity contribution in [1.82, 2.24) is 14.9 Å². The summed E-state index contributed by atoms with van der Waals surface area (Å²) in [6.07, 6.45) is 1.45. The van der Waals surface area contributed by atoms with Crippen LogP contribution in [0.2, 0.25) is 0 Å². The van der Waals surface area contributed by atoms with Crippen LogP contribution >= 0.6 is 11.8 Å². The van der Waals surface area contributed by atoms with Crippen molar-refractivity contribution in [2.75, 3.05) is 17.3 Å². The summed E-state index contributed by atoms with van der Waals surface area (Å²) in [7, 11) is -3.07. The van der Waals surface area contributed by atoms with Crippen molar-refractivity contribution in [1.29, 1.82) is 0 Å². The molecule has 4 rings (SSSR count). The number of amides is 1. The Hall–Kier alpha value is -2.65. The van der Waals surface area contributed by atoms with E-state index >= 15 is 0 Å². The van der Waals surface area contributed by atoms with E-state index in [2.05, 4.69) is 24.1 Å². The van der Waals surface area contributed by atoms with Crippen LogP contribution in [-0.4, -0.2) is 47.2 Å². The molecule has 1 aliphatic rings. The highest BCUT2D eigenvalue weighted by Gasteiger charge is 2.29. The Bertz CT molecular complexity index is 1330. The molecule has 7 nitrogen and oxygen atoms in total. The van der Waals surface area contributed by atoms with Crippen LogP contribution < -0.4 is 10.9 Å². The molecule has 0 saturated carbocycles. The van der Waals surface area contributed by atoms with Crippen molar-refractivity contribution in [2.24, 2.45) is 0 Å². The van der Waals surface area contributed by atoms with E-state index in [0.717, 1.165) is 6.42 Å². The van der Waals surface area contributed by atoms with Gasteiger partial charge in [-0.25, -0.2) is 13.4 Å². The van der Waals surface area contributed by atoms with E-state index in [1.165, 1.54) is 17.3 Å². The number of carbonyl (C=O) groups is 1. The van der Waals surface area contributed by atoms with Crippen molar-refractivity contribution in [3.63, 3.8) is 0 Å². The number of sulfone groups is 1. The predicted octanol–water partition coefficient (Wildman–Crippen LogP) is 3.29. The van der Waals surface area contributed by atoms with Crippen molar-refractivity contribution in [3.8, 4) is 5.69 Å². The molecular weight excluding hydrogens is 458 g/mol. The zero-order valence-electron chi connectivity index (χ0n) is 18.7. The topological polar surface area (TPSA) is 98.1 Å². The van der Waals surface area contributed by atoms with E-state index in [0.29, 0.717) is 34.1 Å². The van der Waals surface area contributed by atoms with Gasteiger partial charge in [0.25, 0.3) is 5.56 Å². The predicted molar refractivity (Wildman–Crippen MR) is 132 cm³/mol. The number of thioether (sulfide) groups is 1. The van der Waals surface area contributed by atoms with Gasteiger partial charge in [-0.15, -0.1) is 0 Å². The van der Waals surface area contributed by atoms with Crippen LogP contribution in [0.25, 0.3) is 16.6 Å². The lowest BCUT2D eigenvalue weighted by Gasteiger charge is -2.15. The zero-order chi connectivity index (χ0) is 23.6. The lowest BCUT2D eigenvalue weighted by molar-refractivity contribution is -0.119. The summed E-state index contributed by atoms with van der Waals surface area (Å²) in [5.74, 6) is 0.256. The summed E-state index contributed by atoms with van der Waals surface area (Å²) in [5.41, 5.74) is 2.26. The van der Waals surface area contributed by atoms with E-state index in [4.69, 9.17) is 0 Å². The van der Waals surface area contributed by atoms with E-state index in [1.54, 1.807) is 22.8 Å². The van der Waals surface area contributed by atoms with Gasteiger partial charge in [0.1, 0.15) is 0 Å². The summed E-state index contributed by atoms with van der Waals surface area (Å²) < 4.78 is 24.8. The minimum Gasteiger partial charge on any atom is -0.352 e. The SMILES string of the molecule is CC[C@@H](C)c1ccc(-n2c(SCC(=O)N[C@@H]3CCS(=O)(=O)C3)nc3ccccc3c2=O)cc1. The van der Waals surface area contributed by atoms with Crippen LogP contribution in [0.4, 0.5) is 0 Å². The average Bonchev–Trinajstić information content (AvgIpc) is 3.15. The second-order valence-electron chi connectivity index (χ2n) is 8.41. The minimum absolute atomic E-state index is 0.0229. The second-order valence-corrected chi connectivity index (χ2v) is 11.6. The average molecular weight is 486 g/mol. The number of nitrogens with one attached hydrogen (secondary N) is 1. The van der Waals surface area contributed by atoms with Gasteiger partial charge in [-0.2, -0.15) is 0 Å². The maximum atomic E-state index is 13.4. The van der Waals surface area contributed by atoms with Crippen LogP contribution in [0.3, 0.4) is 0 Å². The fourth-order valence-electron chi connectivity index (χ4n) is 3.93. The highest BCUT2D eigenvalue weighted by atomic mass is 32.2. The smallest absolute Gasteiger partial charge is 0.266 e. The highest BCUT2D eigenvalue weighted by molar-refractivity contribution is 7.99. The molecule has 2 atom stereocenters. The number of carbonyl (C=O) groups excluding carboxylic acids is 1. The molecule has 0 aliphatic carbocycles. The largest absolute Gasteiger partial charge is 0.352 e. The first-order valence-electron chi connectivity index (χ1n) is 11.0. The van der Waals surface area contributed by atoms with Gasteiger partial charge >= 0.3 is 0 Å². The molecule has 33 heavy (non-hydrogen) atoms. The number of para-hydroxylation sites is 1. The van der Waals surface area contributed by atoms with Gasteiger partial charge in [0.05, 0.1) is 33.8 Å². The standard InChI is InChI=1S/C24H27N3O4S2/c1-3-16(2)17-8-10-19(11-9-17)27-23(29)20-6-4-5-7-21(20)26-24(27)32-14-22(28)25-18-12-13-33(30,31)15-18/h4-11,16,18H,3,12-15H2,1-2H3,(H,25,28)/t16-,18-/m1/s1. The molecule has 1 saturated heterocycles. The van der Waals surface area contributed by atoms with E-state index in [-0.39, 0.29) is 34.8 Å². The van der Waals surface area contributed by atoms with Gasteiger partial charge in [-0.1, -0.05) is 49.9 Å². The number of benzene rings is 2. The van der Waals surface area contributed by atoms with E-state index < -0.39 is 9.84 Å². The van der Waals surface area contributed by atoms with Gasteiger partial charge in [0, 0.05) is 6.04 Å². The molecule has 1 fully saturated rings. The molecule has 2 aromatic carbocycles. The molecule has 0 spiro atoms. The molecule has 0 radical (unpaired) electrons. The molecule has 0 bridgehead atoms. The van der Waals surface area contributed by atoms with Gasteiger partial charge in [-0.05, 0) is 48.6 Å². The summed E-state index contributed by atoms with van der Waals surface area (Å²) >= 11 is 1.17. The highest BCUT2D eigenvalue weighted by Crippen LogP contribution is 2.24. The Balaban J connectivity index is 1.63. The number of aromatic nitrogens is 2. The molecule has 1 aromatic heterocycles. The minimum atomic E-state index is -3.07. The number of fused-ring (bicyclic) bond motifs is 1. The fraction of sp³-hybridized carbons (Fsp3) is 0.375. The third-order valence-electron chi connectivity index (χ3n) is 6.01. The lowest BCUT2D eigenvalue weighted by Crippen LogP contribution is -2.36. The van der Waals surface area contributed by atoms with Crippen molar-refractivity contribution in [2.45, 2.75) is 43.8 Å². The van der Waals surface area contributed by atoms with Crippen molar-refractivity contribution >= 4 is 38.4 Å². The van der Waals surface area contributed by atoms with Crippen molar-refractivity contribution < 1.29 is 13.2 Å². The first kappa shape index (κ1) is 23.5. The number of hydrogen-bond acceptors (Lipinski definition) is 6. The summed E-state index contributed by atoms with van der Waals surface area (Å²) in [6.45, 7) is 4.30. The quantitative estimate of drug-likeness (QED) is 0.407. The summed E-state index contributed by atoms with van der Waals surface area (Å²) in [5, 5.41) is 3.72. The Morgan fingerprint density at radius 2 is 1.94 bits per heavy atom. The van der Waals surface area contributed by atoms with Crippen LogP contribution in [0, 0.1) is 0 Å². The first-order chi connectivity index (χ1) is 15.8. The van der Waals surface area contributed by atoms with Gasteiger partial charge in [0.2, 0.25) is 5.91 Å². The van der Waals surface area contributed by atoms with Gasteiger partial charge in [0.15, 0.2) is 15.0 Å². The molecule has 174 valence electrons. The van der Waals surface area contributed by atoms with Crippen LogP contribution in [0.5, 0.6) is 0 Å². The molecule has 1 N–H and O–H groups in total. The van der Waals surface area contributed by atoms with Crippen molar-refractivity contribution in [3.05, 3.63) is 64.4 Å². The number of hydrogen-bond donors (Lipinski definition) is 1. The van der Waals surface area contributed by atoms with E-state index in [1.807, 2.05) is 30.3 Å². The Kier molecular flexibility index (Phi) is 6.90. The summed E-state index contributed by atoms with van der Waals surface area (Å²) in [4.78, 5) is 30.5. The molecule has 9 heteroatoms. The molecule has 3 aromatic rings. The molecule has 1 amide bonds. The Labute approximate surface area is 197 Å². The van der Waals surface area contributed by atoms with Crippen LogP contribution in [0.15, 0.2) is 58.5 Å². The molecule has 0 unspecified atom stereocenters. The zero-order valence-corrected chi connectivity index (χ0v) is 20.3. The first-order valence-corrected chi connectivity index (χ1v) is 13.8. The van der Waals surface area contributed by atoms with E-state index in [9.17, 15) is 18.0 Å². The number of rotatable bonds is 7. The third-order valence-corrected chi connectivity index (χ3v) is 8.71. The lowest BCUT2D eigenvalue weighted by atomic mass is 9.98. The summed E-state index contributed by atoms with van der Waals surface area (Å²) in [6, 6.07) is 14.7. The molecule has 2 heterocycles. The van der Waals surface area contributed by atoms with Crippen LogP contribution in [0.1, 0.15) is 38.2 Å². The normalized spacial score (nSPS) is 18.3. The van der Waals surface area contributed by atoms with Crippen LogP contribution in [-0.2, 0) is 14.6 Å². The van der Waals surface area contributed by atoms with Gasteiger partial charge in [-0.3, -0.25) is 14.2 Å². The Morgan fingerprint density at radius 3 is 2.61 bits per heavy atom. The molecule has 1 aliphatic heterocycles. The Morgan fingerprint density at radius 1 is 1.21 bits per heavy atom. The monoisotopic (exact) mass is 485 g/mol. The molecular formula is C24H27N3O4S2. The second kappa shape index (κ2) is 9.69. The third kappa shape index (κ3) is 5.30. The maximum Gasteiger partial charge on any atom is 0.266 e. The number of nitrogens with zero attached hydrogens (tertiary/aromatic N) is 2.